The van der Waals surface area contributed by atoms with Crippen molar-refractivity contribution in [2.75, 3.05) is 18.6 Å². The number of furan rings is 1. The van der Waals surface area contributed by atoms with Gasteiger partial charge in [-0.25, -0.2) is 13.1 Å². The highest BCUT2D eigenvalue weighted by molar-refractivity contribution is 7.98. The Balaban J connectivity index is 1.94. The van der Waals surface area contributed by atoms with Gasteiger partial charge in [0, 0.05) is 18.7 Å². The van der Waals surface area contributed by atoms with E-state index in [9.17, 15) is 8.42 Å². The Hall–Kier alpha value is -0.500. The fourth-order valence-electron chi connectivity index (χ4n) is 1.91. The first-order chi connectivity index (χ1) is 9.53. The van der Waals surface area contributed by atoms with Gasteiger partial charge < -0.3 is 9.73 Å². The quantitative estimate of drug-likeness (QED) is 0.680. The molecule has 0 atom stereocenters. The average molecular weight is 318 g/mol. The molecule has 0 aliphatic heterocycles. The van der Waals surface area contributed by atoms with Crippen LogP contribution in [0, 0.1) is 6.92 Å². The van der Waals surface area contributed by atoms with Crippen LogP contribution in [0.25, 0.3) is 0 Å². The molecule has 0 saturated heterocycles. The maximum atomic E-state index is 12.2. The van der Waals surface area contributed by atoms with Gasteiger partial charge in [-0.15, -0.1) is 0 Å². The van der Waals surface area contributed by atoms with Crippen molar-refractivity contribution in [2.45, 2.75) is 43.7 Å². The predicted octanol–water partition coefficient (Wildman–Crippen LogP) is 1.87. The molecular formula is C13H22N2O3S2. The monoisotopic (exact) mass is 318 g/mol. The number of nitrogens with one attached hydrogen (secondary N) is 2. The van der Waals surface area contributed by atoms with Gasteiger partial charge in [-0.3, -0.25) is 0 Å². The first-order valence-electron chi connectivity index (χ1n) is 6.84. The zero-order chi connectivity index (χ0) is 14.6. The summed E-state index contributed by atoms with van der Waals surface area (Å²) in [6.45, 7) is 2.74. The van der Waals surface area contributed by atoms with E-state index in [4.69, 9.17) is 4.42 Å². The largest absolute Gasteiger partial charge is 0.464 e. The second-order valence-electron chi connectivity index (χ2n) is 5.03. The Morgan fingerprint density at radius 2 is 2.20 bits per heavy atom. The van der Waals surface area contributed by atoms with Crippen molar-refractivity contribution in [1.29, 1.82) is 0 Å². The van der Waals surface area contributed by atoms with Gasteiger partial charge in [0.2, 0.25) is 10.0 Å². The van der Waals surface area contributed by atoms with Crippen LogP contribution in [-0.4, -0.2) is 33.0 Å². The van der Waals surface area contributed by atoms with Gasteiger partial charge in [0.05, 0.1) is 6.54 Å². The third-order valence-electron chi connectivity index (χ3n) is 3.17. The van der Waals surface area contributed by atoms with Crippen molar-refractivity contribution in [3.8, 4) is 0 Å². The molecule has 0 spiro atoms. The molecule has 2 rings (SSSR count). The normalized spacial score (nSPS) is 15.7. The molecule has 1 aliphatic rings. The zero-order valence-electron chi connectivity index (χ0n) is 11.9. The van der Waals surface area contributed by atoms with Crippen molar-refractivity contribution >= 4 is 21.8 Å². The van der Waals surface area contributed by atoms with Gasteiger partial charge in [0.15, 0.2) is 0 Å². The lowest BCUT2D eigenvalue weighted by molar-refractivity contribution is 0.456. The van der Waals surface area contributed by atoms with Gasteiger partial charge in [-0.1, -0.05) is 0 Å². The van der Waals surface area contributed by atoms with Crippen molar-refractivity contribution in [1.82, 2.24) is 10.0 Å². The fraction of sp³-hybridized carbons (Fsp3) is 0.692. The van der Waals surface area contributed by atoms with E-state index in [-0.39, 0.29) is 4.90 Å². The molecule has 5 nitrogen and oxygen atoms in total. The number of sulfonamides is 1. The van der Waals surface area contributed by atoms with E-state index in [0.29, 0.717) is 30.7 Å². The summed E-state index contributed by atoms with van der Waals surface area (Å²) in [6.07, 6.45) is 5.23. The molecule has 0 aromatic carbocycles. The van der Waals surface area contributed by atoms with E-state index in [1.54, 1.807) is 24.8 Å². The maximum absolute atomic E-state index is 12.2. The lowest BCUT2D eigenvalue weighted by atomic mass is 10.4. The van der Waals surface area contributed by atoms with Gasteiger partial charge in [-0.05, 0) is 38.2 Å². The lowest BCUT2D eigenvalue weighted by Crippen LogP contribution is -2.25. The van der Waals surface area contributed by atoms with E-state index >= 15 is 0 Å². The molecule has 1 fully saturated rings. The topological polar surface area (TPSA) is 71.3 Å². The van der Waals surface area contributed by atoms with Gasteiger partial charge in [-0.2, -0.15) is 11.8 Å². The first-order valence-corrected chi connectivity index (χ1v) is 9.72. The van der Waals surface area contributed by atoms with Crippen molar-refractivity contribution in [3.63, 3.8) is 0 Å². The van der Waals surface area contributed by atoms with Crippen LogP contribution >= 0.6 is 11.8 Å². The molecule has 1 aromatic rings. The van der Waals surface area contributed by atoms with Crippen LogP contribution in [0.1, 0.15) is 30.8 Å². The number of hydrogen-bond acceptors (Lipinski definition) is 5. The first kappa shape index (κ1) is 15.9. The molecule has 114 valence electrons. The maximum Gasteiger partial charge on any atom is 0.244 e. The SMILES string of the molecule is CSCCCNS(=O)(=O)c1cc(CNC2CC2)oc1C. The van der Waals surface area contributed by atoms with Crippen LogP contribution in [-0.2, 0) is 16.6 Å². The van der Waals surface area contributed by atoms with Crippen LogP contribution in [0.15, 0.2) is 15.4 Å². The summed E-state index contributed by atoms with van der Waals surface area (Å²) in [4.78, 5) is 0.259. The van der Waals surface area contributed by atoms with Crippen LogP contribution in [0.5, 0.6) is 0 Å². The minimum Gasteiger partial charge on any atom is -0.464 e. The Labute approximate surface area is 124 Å². The average Bonchev–Trinajstić information content (AvgIpc) is 3.15. The molecule has 0 unspecified atom stereocenters. The molecule has 0 bridgehead atoms. The molecule has 0 radical (unpaired) electrons. The van der Waals surface area contributed by atoms with E-state index in [0.717, 1.165) is 12.2 Å². The van der Waals surface area contributed by atoms with Gasteiger partial charge in [0.1, 0.15) is 16.4 Å². The van der Waals surface area contributed by atoms with Crippen LogP contribution in [0.3, 0.4) is 0 Å². The van der Waals surface area contributed by atoms with E-state index in [2.05, 4.69) is 10.0 Å². The predicted molar refractivity (Wildman–Crippen MR) is 81.5 cm³/mol. The summed E-state index contributed by atoms with van der Waals surface area (Å²) in [5.74, 6) is 2.08. The highest BCUT2D eigenvalue weighted by Crippen LogP contribution is 2.22. The molecule has 1 aliphatic carbocycles. The highest BCUT2D eigenvalue weighted by Gasteiger charge is 2.23. The van der Waals surface area contributed by atoms with Crippen molar-refractivity contribution < 1.29 is 12.8 Å². The van der Waals surface area contributed by atoms with Gasteiger partial charge >= 0.3 is 0 Å². The van der Waals surface area contributed by atoms with Crippen molar-refractivity contribution in [2.24, 2.45) is 0 Å². The lowest BCUT2D eigenvalue weighted by Gasteiger charge is -2.04. The summed E-state index contributed by atoms with van der Waals surface area (Å²) in [5.41, 5.74) is 0. The summed E-state index contributed by atoms with van der Waals surface area (Å²) in [7, 11) is -3.45. The molecule has 20 heavy (non-hydrogen) atoms. The van der Waals surface area contributed by atoms with E-state index < -0.39 is 10.0 Å². The van der Waals surface area contributed by atoms with Crippen LogP contribution in [0.2, 0.25) is 0 Å². The van der Waals surface area contributed by atoms with Gasteiger partial charge in [0.25, 0.3) is 0 Å². The number of rotatable bonds is 9. The zero-order valence-corrected chi connectivity index (χ0v) is 13.6. The summed E-state index contributed by atoms with van der Waals surface area (Å²) in [5, 5.41) is 3.31. The third kappa shape index (κ3) is 4.51. The Kier molecular flexibility index (Phi) is 5.54. The number of hydrogen-bond donors (Lipinski definition) is 2. The second kappa shape index (κ2) is 6.98. The smallest absolute Gasteiger partial charge is 0.244 e. The summed E-state index contributed by atoms with van der Waals surface area (Å²) < 4.78 is 32.5. The third-order valence-corrected chi connectivity index (χ3v) is 5.44. The van der Waals surface area contributed by atoms with Crippen LogP contribution < -0.4 is 10.0 Å². The minimum atomic E-state index is -3.45. The van der Waals surface area contributed by atoms with E-state index in [1.165, 1.54) is 12.8 Å². The molecule has 0 amide bonds. The Bertz CT molecular complexity index is 536. The highest BCUT2D eigenvalue weighted by atomic mass is 32.2. The molecule has 1 heterocycles. The Morgan fingerprint density at radius 3 is 2.85 bits per heavy atom. The minimum absolute atomic E-state index is 0.259. The number of aryl methyl sites for hydroxylation is 1. The molecule has 2 N–H and O–H groups in total. The Morgan fingerprint density at radius 1 is 1.45 bits per heavy atom. The number of thioether (sulfide) groups is 1. The van der Waals surface area contributed by atoms with E-state index in [1.807, 2.05) is 6.26 Å². The second-order valence-corrected chi connectivity index (χ2v) is 7.75. The summed E-state index contributed by atoms with van der Waals surface area (Å²) >= 11 is 1.71. The molecule has 7 heteroatoms. The van der Waals surface area contributed by atoms with Crippen LogP contribution in [0.4, 0.5) is 0 Å². The molecule has 1 saturated carbocycles. The molecular weight excluding hydrogens is 296 g/mol. The van der Waals surface area contributed by atoms with Crippen molar-refractivity contribution in [3.05, 3.63) is 17.6 Å². The standard InChI is InChI=1S/C13H22N2O3S2/c1-10-13(20(16,17)15-6-3-7-19-2)8-12(18-10)9-14-11-4-5-11/h8,11,14-15H,3-7,9H2,1-2H3. The fourth-order valence-corrected chi connectivity index (χ4v) is 3.62. The summed E-state index contributed by atoms with van der Waals surface area (Å²) in [6, 6.07) is 2.20. The molecule has 1 aromatic heterocycles.